The Labute approximate surface area is 197 Å². The van der Waals surface area contributed by atoms with Gasteiger partial charge in [0.05, 0.1) is 23.4 Å². The Hall–Kier alpha value is -4.26. The van der Waals surface area contributed by atoms with E-state index in [4.69, 9.17) is 4.74 Å². The Kier molecular flexibility index (Phi) is 6.03. The Balaban J connectivity index is 1.94. The van der Waals surface area contributed by atoms with Gasteiger partial charge in [-0.3, -0.25) is 14.5 Å². The first-order valence-electron chi connectivity index (χ1n) is 10.8. The number of hydrogen-bond donors (Lipinski definition) is 3. The zero-order valence-electron chi connectivity index (χ0n) is 19.0. The van der Waals surface area contributed by atoms with E-state index in [-0.39, 0.29) is 34.6 Å². The average Bonchev–Trinajstić information content (AvgIpc) is 3.05. The molecule has 1 aliphatic rings. The second-order valence-electron chi connectivity index (χ2n) is 8.45. The number of phenols is 2. The number of carbonyl (C=O) groups excluding carboxylic acids is 2. The molecule has 3 N–H and O–H groups in total. The number of aliphatic hydroxyl groups is 1. The molecule has 7 heteroatoms. The molecule has 0 saturated carbocycles. The van der Waals surface area contributed by atoms with Crippen molar-refractivity contribution in [1.82, 2.24) is 0 Å². The molecule has 1 fully saturated rings. The summed E-state index contributed by atoms with van der Waals surface area (Å²) < 4.78 is 5.70. The van der Waals surface area contributed by atoms with Gasteiger partial charge in [-0.25, -0.2) is 0 Å². The van der Waals surface area contributed by atoms with Gasteiger partial charge < -0.3 is 20.1 Å². The molecule has 174 valence electrons. The van der Waals surface area contributed by atoms with Crippen LogP contribution in [0.15, 0.2) is 72.3 Å². The third kappa shape index (κ3) is 4.20. The van der Waals surface area contributed by atoms with Crippen LogP contribution in [0.4, 0.5) is 5.69 Å². The number of benzene rings is 3. The van der Waals surface area contributed by atoms with Crippen LogP contribution in [0.2, 0.25) is 0 Å². The van der Waals surface area contributed by atoms with Gasteiger partial charge in [0.2, 0.25) is 0 Å². The standard InChI is InChI=1S/C27H25NO6/c1-15(2)34-20-6-4-5-18(14-20)25(31)23-24(17-8-10-19(29)11-9-17)28(27(33)26(23)32)21-13-16(3)7-12-22(21)30/h4-15,24,29-31H,1-3H3/b25-23+. The lowest BCUT2D eigenvalue weighted by Gasteiger charge is -2.26. The van der Waals surface area contributed by atoms with E-state index in [0.29, 0.717) is 16.9 Å². The first-order valence-corrected chi connectivity index (χ1v) is 10.8. The number of rotatable bonds is 5. The van der Waals surface area contributed by atoms with Crippen LogP contribution in [0, 0.1) is 6.92 Å². The Morgan fingerprint density at radius 3 is 2.35 bits per heavy atom. The first-order chi connectivity index (χ1) is 16.2. The zero-order chi connectivity index (χ0) is 24.6. The number of ketones is 1. The van der Waals surface area contributed by atoms with Crippen LogP contribution in [-0.4, -0.2) is 33.1 Å². The third-order valence-corrected chi connectivity index (χ3v) is 5.52. The van der Waals surface area contributed by atoms with Crippen molar-refractivity contribution >= 4 is 23.1 Å². The predicted molar refractivity (Wildman–Crippen MR) is 128 cm³/mol. The van der Waals surface area contributed by atoms with Gasteiger partial charge in [-0.05, 0) is 68.3 Å². The number of anilines is 1. The minimum absolute atomic E-state index is 0.0117. The lowest BCUT2D eigenvalue weighted by Crippen LogP contribution is -2.29. The van der Waals surface area contributed by atoms with Crippen molar-refractivity contribution in [2.75, 3.05) is 4.90 Å². The minimum atomic E-state index is -1.03. The predicted octanol–water partition coefficient (Wildman–Crippen LogP) is 4.82. The van der Waals surface area contributed by atoms with Crippen molar-refractivity contribution in [3.05, 3.63) is 89.0 Å². The van der Waals surface area contributed by atoms with Gasteiger partial charge in [0.15, 0.2) is 0 Å². The molecule has 0 radical (unpaired) electrons. The molecular weight excluding hydrogens is 434 g/mol. The quantitative estimate of drug-likeness (QED) is 0.287. The second-order valence-corrected chi connectivity index (χ2v) is 8.45. The van der Waals surface area contributed by atoms with Gasteiger partial charge in [0, 0.05) is 5.56 Å². The lowest BCUT2D eigenvalue weighted by molar-refractivity contribution is -0.132. The molecule has 0 bridgehead atoms. The van der Waals surface area contributed by atoms with E-state index in [1.54, 1.807) is 55.5 Å². The van der Waals surface area contributed by atoms with Crippen LogP contribution in [-0.2, 0) is 9.59 Å². The summed E-state index contributed by atoms with van der Waals surface area (Å²) in [7, 11) is 0. The molecule has 0 aliphatic carbocycles. The molecule has 7 nitrogen and oxygen atoms in total. The number of aryl methyl sites for hydroxylation is 1. The first kappa shape index (κ1) is 22.9. The van der Waals surface area contributed by atoms with E-state index < -0.39 is 17.7 Å². The van der Waals surface area contributed by atoms with Gasteiger partial charge in [-0.2, -0.15) is 0 Å². The second kappa shape index (κ2) is 8.94. The van der Waals surface area contributed by atoms with Crippen LogP contribution >= 0.6 is 0 Å². The van der Waals surface area contributed by atoms with Crippen LogP contribution < -0.4 is 9.64 Å². The fraction of sp³-hybridized carbons (Fsp3) is 0.185. The summed E-state index contributed by atoms with van der Waals surface area (Å²) in [5.41, 5.74) is 1.59. The van der Waals surface area contributed by atoms with Gasteiger partial charge in [-0.1, -0.05) is 30.3 Å². The monoisotopic (exact) mass is 459 g/mol. The molecule has 1 heterocycles. The molecular formula is C27H25NO6. The summed E-state index contributed by atoms with van der Waals surface area (Å²) in [4.78, 5) is 27.6. The number of phenolic OH excluding ortho intramolecular Hbond substituents is 2. The molecule has 3 aromatic rings. The van der Waals surface area contributed by atoms with Gasteiger partial charge in [0.25, 0.3) is 11.7 Å². The number of ether oxygens (including phenoxy) is 1. The summed E-state index contributed by atoms with van der Waals surface area (Å²) in [6, 6.07) is 16.3. The molecule has 1 atom stereocenters. The molecule has 34 heavy (non-hydrogen) atoms. The van der Waals surface area contributed by atoms with Crippen molar-refractivity contribution in [1.29, 1.82) is 0 Å². The summed E-state index contributed by atoms with van der Waals surface area (Å²) in [6.45, 7) is 5.55. The van der Waals surface area contributed by atoms with E-state index in [1.807, 2.05) is 13.8 Å². The molecule has 3 aromatic carbocycles. The minimum Gasteiger partial charge on any atom is -0.508 e. The molecule has 0 aromatic heterocycles. The molecule has 1 amide bonds. The van der Waals surface area contributed by atoms with Crippen LogP contribution in [0.1, 0.15) is 36.6 Å². The van der Waals surface area contributed by atoms with Gasteiger partial charge in [0.1, 0.15) is 23.0 Å². The number of carbonyl (C=O) groups is 2. The maximum absolute atomic E-state index is 13.2. The Morgan fingerprint density at radius 2 is 1.68 bits per heavy atom. The molecule has 1 saturated heterocycles. The average molecular weight is 459 g/mol. The van der Waals surface area contributed by atoms with E-state index in [9.17, 15) is 24.9 Å². The van der Waals surface area contributed by atoms with Crippen molar-refractivity contribution in [3.8, 4) is 17.2 Å². The smallest absolute Gasteiger partial charge is 0.300 e. The van der Waals surface area contributed by atoms with Gasteiger partial charge >= 0.3 is 0 Å². The summed E-state index contributed by atoms with van der Waals surface area (Å²) in [6.07, 6.45) is -0.0933. The largest absolute Gasteiger partial charge is 0.508 e. The lowest BCUT2D eigenvalue weighted by atomic mass is 9.95. The fourth-order valence-corrected chi connectivity index (χ4v) is 4.02. The normalized spacial score (nSPS) is 17.4. The van der Waals surface area contributed by atoms with E-state index in [2.05, 4.69) is 0 Å². The Bertz CT molecular complexity index is 1290. The van der Waals surface area contributed by atoms with Crippen LogP contribution in [0.25, 0.3) is 5.76 Å². The van der Waals surface area contributed by atoms with Crippen LogP contribution in [0.5, 0.6) is 17.2 Å². The van der Waals surface area contributed by atoms with E-state index >= 15 is 0 Å². The molecule has 4 rings (SSSR count). The van der Waals surface area contributed by atoms with Gasteiger partial charge in [-0.15, -0.1) is 0 Å². The maximum Gasteiger partial charge on any atom is 0.300 e. The van der Waals surface area contributed by atoms with Crippen molar-refractivity contribution < 1.29 is 29.6 Å². The number of nitrogens with zero attached hydrogens (tertiary/aromatic N) is 1. The fourth-order valence-electron chi connectivity index (χ4n) is 4.02. The number of amides is 1. The van der Waals surface area contributed by atoms with E-state index in [0.717, 1.165) is 5.56 Å². The topological polar surface area (TPSA) is 107 Å². The Morgan fingerprint density at radius 1 is 0.971 bits per heavy atom. The molecule has 1 unspecified atom stereocenters. The SMILES string of the molecule is Cc1ccc(O)c(N2C(=O)C(=O)/C(=C(/O)c3cccc(OC(C)C)c3)C2c2ccc(O)cc2)c1. The number of aliphatic hydroxyl groups excluding tert-OH is 1. The van der Waals surface area contributed by atoms with Crippen molar-refractivity contribution in [2.24, 2.45) is 0 Å². The highest BCUT2D eigenvalue weighted by molar-refractivity contribution is 6.51. The molecule has 1 aliphatic heterocycles. The highest BCUT2D eigenvalue weighted by Gasteiger charge is 2.47. The highest BCUT2D eigenvalue weighted by atomic mass is 16.5. The molecule has 0 spiro atoms. The summed E-state index contributed by atoms with van der Waals surface area (Å²) in [5, 5.41) is 31.5. The summed E-state index contributed by atoms with van der Waals surface area (Å²) in [5.74, 6) is -1.78. The van der Waals surface area contributed by atoms with Crippen molar-refractivity contribution in [3.63, 3.8) is 0 Å². The number of Topliss-reactive ketones (excluding diaryl/α,β-unsaturated/α-hetero) is 1. The third-order valence-electron chi connectivity index (χ3n) is 5.52. The van der Waals surface area contributed by atoms with E-state index in [1.165, 1.54) is 23.1 Å². The van der Waals surface area contributed by atoms with Crippen LogP contribution in [0.3, 0.4) is 0 Å². The maximum atomic E-state index is 13.2. The zero-order valence-corrected chi connectivity index (χ0v) is 19.0. The number of aromatic hydroxyl groups is 2. The highest BCUT2D eigenvalue weighted by Crippen LogP contribution is 2.45. The van der Waals surface area contributed by atoms with Crippen molar-refractivity contribution in [2.45, 2.75) is 32.9 Å². The number of hydrogen-bond acceptors (Lipinski definition) is 6. The summed E-state index contributed by atoms with van der Waals surface area (Å²) >= 11 is 0.